The van der Waals surface area contributed by atoms with Crippen molar-refractivity contribution in [1.82, 2.24) is 0 Å². The Hall–Kier alpha value is -2.83. The third-order valence-corrected chi connectivity index (χ3v) is 6.08. The van der Waals surface area contributed by atoms with Crippen LogP contribution >= 0.6 is 11.6 Å². The standard InChI is InChI=1S/C23H23ClN2O3S/c1-3-22(26(30(2,28)29)19-13-9-12-18(24)16-19)23(27)25-21-15-8-7-14-20(21)17-10-5-4-6-11-17/h4-16,22H,3H2,1-2H3,(H,25,27). The molecular weight excluding hydrogens is 420 g/mol. The fraction of sp³-hybridized carbons (Fsp3) is 0.174. The predicted octanol–water partition coefficient (Wildman–Crippen LogP) is 5.19. The smallest absolute Gasteiger partial charge is 0.248 e. The largest absolute Gasteiger partial charge is 0.324 e. The molecule has 30 heavy (non-hydrogen) atoms. The van der Waals surface area contributed by atoms with E-state index in [9.17, 15) is 13.2 Å². The number of nitrogens with zero attached hydrogens (tertiary/aromatic N) is 1. The Morgan fingerprint density at radius 2 is 1.67 bits per heavy atom. The number of anilines is 2. The molecule has 3 aromatic carbocycles. The number of carbonyl (C=O) groups is 1. The maximum Gasteiger partial charge on any atom is 0.248 e. The number of amides is 1. The molecule has 156 valence electrons. The molecule has 1 amide bonds. The quantitative estimate of drug-likeness (QED) is 0.547. The van der Waals surface area contributed by atoms with Crippen molar-refractivity contribution in [2.45, 2.75) is 19.4 Å². The van der Waals surface area contributed by atoms with Gasteiger partial charge < -0.3 is 5.32 Å². The Bertz CT molecular complexity index is 1130. The van der Waals surface area contributed by atoms with Crippen molar-refractivity contribution in [1.29, 1.82) is 0 Å². The van der Waals surface area contributed by atoms with Gasteiger partial charge in [-0.25, -0.2) is 8.42 Å². The van der Waals surface area contributed by atoms with E-state index >= 15 is 0 Å². The van der Waals surface area contributed by atoms with Crippen molar-refractivity contribution in [3.05, 3.63) is 83.9 Å². The Kier molecular flexibility index (Phi) is 6.80. The van der Waals surface area contributed by atoms with Gasteiger partial charge in [-0.3, -0.25) is 9.10 Å². The van der Waals surface area contributed by atoms with Crippen LogP contribution in [0.4, 0.5) is 11.4 Å². The van der Waals surface area contributed by atoms with Gasteiger partial charge in [-0.15, -0.1) is 0 Å². The Labute approximate surface area is 182 Å². The van der Waals surface area contributed by atoms with E-state index in [2.05, 4.69) is 5.32 Å². The molecule has 0 aliphatic carbocycles. The molecule has 0 heterocycles. The zero-order chi connectivity index (χ0) is 21.7. The molecule has 3 rings (SSSR count). The summed E-state index contributed by atoms with van der Waals surface area (Å²) < 4.78 is 26.3. The second-order valence-electron chi connectivity index (χ2n) is 6.86. The minimum absolute atomic E-state index is 0.291. The molecule has 0 saturated carbocycles. The summed E-state index contributed by atoms with van der Waals surface area (Å²) in [5.41, 5.74) is 2.78. The molecule has 0 aliphatic rings. The van der Waals surface area contributed by atoms with Crippen LogP contribution in [0.2, 0.25) is 5.02 Å². The van der Waals surface area contributed by atoms with Gasteiger partial charge in [0.15, 0.2) is 0 Å². The number of benzene rings is 3. The van der Waals surface area contributed by atoms with E-state index in [-0.39, 0.29) is 0 Å². The van der Waals surface area contributed by atoms with Crippen molar-refractivity contribution in [3.63, 3.8) is 0 Å². The summed E-state index contributed by atoms with van der Waals surface area (Å²) in [4.78, 5) is 13.2. The van der Waals surface area contributed by atoms with Crippen LogP contribution in [0.15, 0.2) is 78.9 Å². The first kappa shape index (κ1) is 21.9. The molecule has 1 atom stereocenters. The summed E-state index contributed by atoms with van der Waals surface area (Å²) in [6.07, 6.45) is 1.38. The number of halogens is 1. The van der Waals surface area contributed by atoms with Crippen LogP contribution in [0, 0.1) is 0 Å². The highest BCUT2D eigenvalue weighted by molar-refractivity contribution is 7.92. The number of carbonyl (C=O) groups excluding carboxylic acids is 1. The molecule has 0 aromatic heterocycles. The van der Waals surface area contributed by atoms with Crippen LogP contribution in [0.1, 0.15) is 13.3 Å². The van der Waals surface area contributed by atoms with Gasteiger partial charge in [0.1, 0.15) is 6.04 Å². The summed E-state index contributed by atoms with van der Waals surface area (Å²) in [5, 5.41) is 3.31. The molecule has 0 fully saturated rings. The van der Waals surface area contributed by atoms with E-state index in [1.807, 2.05) is 48.5 Å². The molecular formula is C23H23ClN2O3S. The van der Waals surface area contributed by atoms with Gasteiger partial charge in [0.05, 0.1) is 11.9 Å². The van der Waals surface area contributed by atoms with Gasteiger partial charge in [0, 0.05) is 16.3 Å². The van der Waals surface area contributed by atoms with E-state index in [1.54, 1.807) is 31.2 Å². The van der Waals surface area contributed by atoms with E-state index in [4.69, 9.17) is 11.6 Å². The first-order valence-electron chi connectivity index (χ1n) is 9.51. The number of hydrogen-bond donors (Lipinski definition) is 1. The van der Waals surface area contributed by atoms with Crippen LogP contribution < -0.4 is 9.62 Å². The summed E-state index contributed by atoms with van der Waals surface area (Å²) in [6.45, 7) is 1.77. The summed E-state index contributed by atoms with van der Waals surface area (Å²) >= 11 is 6.06. The predicted molar refractivity (Wildman–Crippen MR) is 123 cm³/mol. The number of sulfonamides is 1. The summed E-state index contributed by atoms with van der Waals surface area (Å²) in [5.74, 6) is -0.411. The number of rotatable bonds is 7. The Morgan fingerprint density at radius 3 is 2.30 bits per heavy atom. The van der Waals surface area contributed by atoms with Crippen molar-refractivity contribution >= 4 is 38.9 Å². The molecule has 0 aliphatic heterocycles. The van der Waals surface area contributed by atoms with Crippen molar-refractivity contribution in [3.8, 4) is 11.1 Å². The van der Waals surface area contributed by atoms with E-state index in [1.165, 1.54) is 6.07 Å². The Balaban J connectivity index is 1.97. The van der Waals surface area contributed by atoms with Gasteiger partial charge in [0.25, 0.3) is 0 Å². The second-order valence-corrected chi connectivity index (χ2v) is 9.16. The highest BCUT2D eigenvalue weighted by Crippen LogP contribution is 2.29. The average Bonchev–Trinajstić information content (AvgIpc) is 2.72. The summed E-state index contributed by atoms with van der Waals surface area (Å²) in [7, 11) is -3.73. The lowest BCUT2D eigenvalue weighted by Gasteiger charge is -2.30. The third-order valence-electron chi connectivity index (χ3n) is 4.66. The molecule has 5 nitrogen and oxygen atoms in total. The van der Waals surface area contributed by atoms with Crippen LogP contribution in [0.5, 0.6) is 0 Å². The molecule has 1 N–H and O–H groups in total. The average molecular weight is 443 g/mol. The van der Waals surface area contributed by atoms with Gasteiger partial charge in [-0.2, -0.15) is 0 Å². The van der Waals surface area contributed by atoms with Crippen LogP contribution in [0.3, 0.4) is 0 Å². The van der Waals surface area contributed by atoms with Crippen molar-refractivity contribution in [2.75, 3.05) is 15.9 Å². The van der Waals surface area contributed by atoms with Crippen molar-refractivity contribution < 1.29 is 13.2 Å². The monoisotopic (exact) mass is 442 g/mol. The normalized spacial score (nSPS) is 12.2. The highest BCUT2D eigenvalue weighted by atomic mass is 35.5. The molecule has 1 unspecified atom stereocenters. The SMILES string of the molecule is CCC(C(=O)Nc1ccccc1-c1ccccc1)N(c1cccc(Cl)c1)S(C)(=O)=O. The van der Waals surface area contributed by atoms with E-state index in [0.29, 0.717) is 22.8 Å². The summed E-state index contributed by atoms with van der Waals surface area (Å²) in [6, 6.07) is 22.7. The molecule has 3 aromatic rings. The third kappa shape index (κ3) is 5.01. The Morgan fingerprint density at radius 1 is 1.00 bits per heavy atom. The molecule has 0 saturated heterocycles. The minimum Gasteiger partial charge on any atom is -0.324 e. The zero-order valence-corrected chi connectivity index (χ0v) is 18.3. The first-order valence-corrected chi connectivity index (χ1v) is 11.7. The van der Waals surface area contributed by atoms with Gasteiger partial charge in [-0.1, -0.05) is 73.1 Å². The van der Waals surface area contributed by atoms with Crippen LogP contribution in [-0.2, 0) is 14.8 Å². The fourth-order valence-electron chi connectivity index (χ4n) is 3.35. The van der Waals surface area contributed by atoms with Gasteiger partial charge in [-0.05, 0) is 36.2 Å². The molecule has 0 bridgehead atoms. The maximum atomic E-state index is 13.2. The lowest BCUT2D eigenvalue weighted by Crippen LogP contribution is -2.47. The lowest BCUT2D eigenvalue weighted by atomic mass is 10.0. The van der Waals surface area contributed by atoms with Gasteiger partial charge in [0.2, 0.25) is 15.9 Å². The number of para-hydroxylation sites is 1. The zero-order valence-electron chi connectivity index (χ0n) is 16.7. The molecule has 0 radical (unpaired) electrons. The minimum atomic E-state index is -3.73. The first-order chi connectivity index (χ1) is 14.3. The van der Waals surface area contributed by atoms with E-state index < -0.39 is 22.0 Å². The topological polar surface area (TPSA) is 66.5 Å². The van der Waals surface area contributed by atoms with E-state index in [0.717, 1.165) is 21.7 Å². The molecule has 7 heteroatoms. The second kappa shape index (κ2) is 9.32. The maximum absolute atomic E-state index is 13.2. The number of nitrogens with one attached hydrogen (secondary N) is 1. The number of hydrogen-bond acceptors (Lipinski definition) is 3. The van der Waals surface area contributed by atoms with Crippen LogP contribution in [0.25, 0.3) is 11.1 Å². The van der Waals surface area contributed by atoms with Crippen molar-refractivity contribution in [2.24, 2.45) is 0 Å². The highest BCUT2D eigenvalue weighted by Gasteiger charge is 2.32. The lowest BCUT2D eigenvalue weighted by molar-refractivity contribution is -0.117. The fourth-order valence-corrected chi connectivity index (χ4v) is 4.74. The van der Waals surface area contributed by atoms with Crippen LogP contribution in [-0.4, -0.2) is 26.6 Å². The van der Waals surface area contributed by atoms with Gasteiger partial charge >= 0.3 is 0 Å². The molecule has 0 spiro atoms.